The van der Waals surface area contributed by atoms with Gasteiger partial charge < -0.3 is 4.57 Å². The SMILES string of the molecule is Cc1cc(-c2nnc(CCl)n2C(C)(C)C)ccc1[N+](=O)[O-]. The molecule has 0 saturated carbocycles. The summed E-state index contributed by atoms with van der Waals surface area (Å²) in [5.74, 6) is 1.60. The normalized spacial score (nSPS) is 11.7. The fourth-order valence-electron chi connectivity index (χ4n) is 2.29. The van der Waals surface area contributed by atoms with Gasteiger partial charge in [-0.25, -0.2) is 0 Å². The predicted molar refractivity (Wildman–Crippen MR) is 81.4 cm³/mol. The predicted octanol–water partition coefficient (Wildman–Crippen LogP) is 3.66. The van der Waals surface area contributed by atoms with E-state index in [1.54, 1.807) is 19.1 Å². The van der Waals surface area contributed by atoms with Gasteiger partial charge in [0.25, 0.3) is 5.69 Å². The summed E-state index contributed by atoms with van der Waals surface area (Å²) in [6.45, 7) is 7.82. The van der Waals surface area contributed by atoms with E-state index in [1.807, 2.05) is 25.3 Å². The van der Waals surface area contributed by atoms with E-state index < -0.39 is 4.92 Å². The van der Waals surface area contributed by atoms with Crippen molar-refractivity contribution in [3.8, 4) is 11.4 Å². The van der Waals surface area contributed by atoms with Gasteiger partial charge >= 0.3 is 0 Å². The Morgan fingerprint density at radius 3 is 2.48 bits per heavy atom. The van der Waals surface area contributed by atoms with E-state index in [4.69, 9.17) is 11.6 Å². The number of benzene rings is 1. The van der Waals surface area contributed by atoms with Gasteiger partial charge in [0.1, 0.15) is 5.82 Å². The van der Waals surface area contributed by atoms with E-state index >= 15 is 0 Å². The van der Waals surface area contributed by atoms with Crippen molar-refractivity contribution in [3.63, 3.8) is 0 Å². The molecule has 21 heavy (non-hydrogen) atoms. The largest absolute Gasteiger partial charge is 0.305 e. The molecule has 0 unspecified atom stereocenters. The quantitative estimate of drug-likeness (QED) is 0.493. The lowest BCUT2D eigenvalue weighted by Crippen LogP contribution is -2.24. The van der Waals surface area contributed by atoms with Crippen LogP contribution in [-0.4, -0.2) is 19.7 Å². The first kappa shape index (κ1) is 15.4. The molecular weight excluding hydrogens is 292 g/mol. The van der Waals surface area contributed by atoms with Crippen LogP contribution in [0, 0.1) is 17.0 Å². The molecule has 0 aliphatic carbocycles. The van der Waals surface area contributed by atoms with Gasteiger partial charge in [0.15, 0.2) is 5.82 Å². The Balaban J connectivity index is 2.60. The maximum absolute atomic E-state index is 10.9. The van der Waals surface area contributed by atoms with Gasteiger partial charge in [-0.05, 0) is 39.8 Å². The molecule has 7 heteroatoms. The molecule has 0 spiro atoms. The molecule has 0 atom stereocenters. The van der Waals surface area contributed by atoms with Crippen LogP contribution in [0.5, 0.6) is 0 Å². The third-order valence-electron chi connectivity index (χ3n) is 3.17. The summed E-state index contributed by atoms with van der Waals surface area (Å²) in [5.41, 5.74) is 1.24. The van der Waals surface area contributed by atoms with Crippen molar-refractivity contribution in [2.75, 3.05) is 0 Å². The molecule has 2 rings (SSSR count). The zero-order chi connectivity index (χ0) is 15.8. The lowest BCUT2D eigenvalue weighted by molar-refractivity contribution is -0.385. The fraction of sp³-hybridized carbons (Fsp3) is 0.429. The second-order valence-corrected chi connectivity index (χ2v) is 6.11. The first-order valence-corrected chi connectivity index (χ1v) is 7.05. The number of alkyl halides is 1. The number of aromatic nitrogens is 3. The molecule has 2 aromatic rings. The number of hydrogen-bond donors (Lipinski definition) is 0. The highest BCUT2D eigenvalue weighted by Crippen LogP contribution is 2.29. The smallest absolute Gasteiger partial charge is 0.272 e. The number of rotatable bonds is 3. The number of halogens is 1. The van der Waals surface area contributed by atoms with Crippen LogP contribution in [0.1, 0.15) is 32.2 Å². The maximum atomic E-state index is 10.9. The molecule has 0 aliphatic rings. The Morgan fingerprint density at radius 2 is 2.00 bits per heavy atom. The number of nitro groups is 1. The van der Waals surface area contributed by atoms with Gasteiger partial charge in [-0.3, -0.25) is 10.1 Å². The van der Waals surface area contributed by atoms with Crippen LogP contribution in [0.4, 0.5) is 5.69 Å². The Hall–Kier alpha value is -1.95. The summed E-state index contributed by atoms with van der Waals surface area (Å²) < 4.78 is 1.96. The van der Waals surface area contributed by atoms with Gasteiger partial charge in [0.05, 0.1) is 10.8 Å². The van der Waals surface area contributed by atoms with Crippen LogP contribution in [0.2, 0.25) is 0 Å². The zero-order valence-corrected chi connectivity index (χ0v) is 13.2. The van der Waals surface area contributed by atoms with Gasteiger partial charge in [0, 0.05) is 22.7 Å². The Morgan fingerprint density at radius 1 is 1.33 bits per heavy atom. The zero-order valence-electron chi connectivity index (χ0n) is 12.4. The fourth-order valence-corrected chi connectivity index (χ4v) is 2.47. The minimum Gasteiger partial charge on any atom is -0.305 e. The molecule has 0 aliphatic heterocycles. The summed E-state index contributed by atoms with van der Waals surface area (Å²) in [7, 11) is 0. The minimum atomic E-state index is -0.391. The molecule has 112 valence electrons. The van der Waals surface area contributed by atoms with Gasteiger partial charge in [0.2, 0.25) is 0 Å². The van der Waals surface area contributed by atoms with Crippen molar-refractivity contribution >= 4 is 17.3 Å². The maximum Gasteiger partial charge on any atom is 0.272 e. The average Bonchev–Trinajstić information content (AvgIpc) is 2.81. The van der Waals surface area contributed by atoms with E-state index in [9.17, 15) is 10.1 Å². The third-order valence-corrected chi connectivity index (χ3v) is 3.41. The summed E-state index contributed by atoms with van der Waals surface area (Å²) in [6.07, 6.45) is 0. The first-order valence-electron chi connectivity index (χ1n) is 6.52. The number of hydrogen-bond acceptors (Lipinski definition) is 4. The van der Waals surface area contributed by atoms with Crippen LogP contribution in [0.15, 0.2) is 18.2 Å². The first-order chi connectivity index (χ1) is 9.75. The van der Waals surface area contributed by atoms with Gasteiger partial charge in [-0.1, -0.05) is 0 Å². The second kappa shape index (κ2) is 5.44. The molecule has 1 aromatic carbocycles. The van der Waals surface area contributed by atoms with Crippen LogP contribution < -0.4 is 0 Å². The summed E-state index contributed by atoms with van der Waals surface area (Å²) in [5, 5.41) is 19.2. The van der Waals surface area contributed by atoms with Crippen LogP contribution in [-0.2, 0) is 11.4 Å². The van der Waals surface area contributed by atoms with Crippen LogP contribution in [0.25, 0.3) is 11.4 Å². The topological polar surface area (TPSA) is 73.8 Å². The molecule has 1 aromatic heterocycles. The van der Waals surface area contributed by atoms with E-state index in [0.717, 1.165) is 5.56 Å². The van der Waals surface area contributed by atoms with Crippen molar-refractivity contribution in [3.05, 3.63) is 39.7 Å². The monoisotopic (exact) mass is 308 g/mol. The molecule has 0 radical (unpaired) electrons. The Bertz CT molecular complexity index is 689. The Kier molecular flexibility index (Phi) is 4.00. The lowest BCUT2D eigenvalue weighted by Gasteiger charge is -2.24. The highest BCUT2D eigenvalue weighted by molar-refractivity contribution is 6.16. The molecule has 0 saturated heterocycles. The number of aryl methyl sites for hydroxylation is 1. The van der Waals surface area contributed by atoms with Crippen molar-refractivity contribution in [2.24, 2.45) is 0 Å². The molecule has 0 N–H and O–H groups in total. The molecule has 0 bridgehead atoms. The number of nitrogens with zero attached hydrogens (tertiary/aromatic N) is 4. The highest BCUT2D eigenvalue weighted by Gasteiger charge is 2.24. The molecule has 1 heterocycles. The second-order valence-electron chi connectivity index (χ2n) is 5.84. The van der Waals surface area contributed by atoms with Crippen LogP contribution in [0.3, 0.4) is 0 Å². The summed E-state index contributed by atoms with van der Waals surface area (Å²) >= 11 is 5.92. The van der Waals surface area contributed by atoms with Crippen molar-refractivity contribution in [1.82, 2.24) is 14.8 Å². The van der Waals surface area contributed by atoms with Gasteiger partial charge in [-0.15, -0.1) is 21.8 Å². The van der Waals surface area contributed by atoms with E-state index in [1.165, 1.54) is 6.07 Å². The van der Waals surface area contributed by atoms with Crippen molar-refractivity contribution in [2.45, 2.75) is 39.1 Å². The van der Waals surface area contributed by atoms with Crippen molar-refractivity contribution < 1.29 is 4.92 Å². The highest BCUT2D eigenvalue weighted by atomic mass is 35.5. The third kappa shape index (κ3) is 2.90. The molecule has 6 nitrogen and oxygen atoms in total. The number of nitro benzene ring substituents is 1. The van der Waals surface area contributed by atoms with E-state index in [-0.39, 0.29) is 17.1 Å². The summed E-state index contributed by atoms with van der Waals surface area (Å²) in [4.78, 5) is 10.5. The van der Waals surface area contributed by atoms with E-state index in [2.05, 4.69) is 10.2 Å². The minimum absolute atomic E-state index is 0.0955. The molecule has 0 amide bonds. The van der Waals surface area contributed by atoms with Crippen molar-refractivity contribution in [1.29, 1.82) is 0 Å². The lowest BCUT2D eigenvalue weighted by atomic mass is 10.1. The van der Waals surface area contributed by atoms with E-state index in [0.29, 0.717) is 17.2 Å². The standard InChI is InChI=1S/C14H17ClN4O2/c1-9-7-10(5-6-11(9)19(20)21)13-17-16-12(8-15)18(13)14(2,3)4/h5-7H,8H2,1-4H3. The van der Waals surface area contributed by atoms with Crippen LogP contribution >= 0.6 is 11.6 Å². The molecule has 0 fully saturated rings. The average molecular weight is 309 g/mol. The summed E-state index contributed by atoms with van der Waals surface area (Å²) in [6, 6.07) is 4.94. The Labute approximate surface area is 127 Å². The van der Waals surface area contributed by atoms with Gasteiger partial charge in [-0.2, -0.15) is 0 Å². The molecular formula is C14H17ClN4O2.